The van der Waals surface area contributed by atoms with Crippen LogP contribution in [0.25, 0.3) is 0 Å². The van der Waals surface area contributed by atoms with Crippen molar-refractivity contribution in [3.8, 4) is 0 Å². The van der Waals surface area contributed by atoms with Gasteiger partial charge in [0.25, 0.3) is 0 Å². The molecule has 9 nitrogen and oxygen atoms in total. The Morgan fingerprint density at radius 1 is 1.25 bits per heavy atom. The fraction of sp³-hybridized carbons (Fsp3) is 0.640. The number of hydrogen-bond acceptors (Lipinski definition) is 7. The van der Waals surface area contributed by atoms with Gasteiger partial charge in [0, 0.05) is 14.1 Å². The summed E-state index contributed by atoms with van der Waals surface area (Å²) < 4.78 is 47.6. The summed E-state index contributed by atoms with van der Waals surface area (Å²) in [5.41, 5.74) is 1.54. The molecule has 0 radical (unpaired) electrons. The molecule has 1 saturated heterocycles. The third-order valence-electron chi connectivity index (χ3n) is 7.17. The molecular weight excluding hydrogens is 498 g/mol. The number of aromatic nitrogens is 2. The molecule has 0 amide bonds. The fourth-order valence-corrected chi connectivity index (χ4v) is 7.66. The Balaban J connectivity index is 2.10. The molecule has 0 unspecified atom stereocenters. The molecule has 1 fully saturated rings. The second kappa shape index (κ2) is 10.3. The van der Waals surface area contributed by atoms with Gasteiger partial charge in [0.15, 0.2) is 5.79 Å². The minimum Gasteiger partial charge on any atom is -0.384 e. The van der Waals surface area contributed by atoms with Crippen LogP contribution < -0.4 is 5.45 Å². The number of aliphatic hydroxyl groups is 1. The van der Waals surface area contributed by atoms with E-state index in [9.17, 15) is 13.5 Å². The molecule has 2 heterocycles. The Bertz CT molecular complexity index is 1140. The normalized spacial score (nSPS) is 20.6. The highest BCUT2D eigenvalue weighted by Gasteiger charge is 2.47. The van der Waals surface area contributed by atoms with Crippen molar-refractivity contribution in [2.45, 2.75) is 83.5 Å². The average Bonchev–Trinajstić information content (AvgIpc) is 3.38. The molecule has 11 heteroatoms. The molecule has 3 rings (SSSR count). The van der Waals surface area contributed by atoms with Crippen LogP contribution in [0.1, 0.15) is 52.0 Å². The van der Waals surface area contributed by atoms with E-state index in [0.29, 0.717) is 5.45 Å². The van der Waals surface area contributed by atoms with Crippen molar-refractivity contribution < 1.29 is 27.7 Å². The zero-order valence-corrected chi connectivity index (χ0v) is 24.7. The van der Waals surface area contributed by atoms with E-state index in [1.54, 1.807) is 13.8 Å². The lowest BCUT2D eigenvalue weighted by atomic mass is 10.1. The minimum absolute atomic E-state index is 0.148. The first-order chi connectivity index (χ1) is 16.5. The molecular formula is C25H41N3O6SSi. The maximum absolute atomic E-state index is 13.6. The predicted octanol–water partition coefficient (Wildman–Crippen LogP) is 3.02. The summed E-state index contributed by atoms with van der Waals surface area (Å²) in [7, 11) is -3.48. The van der Waals surface area contributed by atoms with Gasteiger partial charge in [-0.15, -0.1) is 0 Å². The average molecular weight is 540 g/mol. The molecule has 1 aliphatic rings. The van der Waals surface area contributed by atoms with E-state index in [-0.39, 0.29) is 23.9 Å². The molecule has 0 aliphatic carbocycles. The van der Waals surface area contributed by atoms with Crippen LogP contribution in [-0.2, 0) is 31.0 Å². The van der Waals surface area contributed by atoms with Gasteiger partial charge >= 0.3 is 10.2 Å². The lowest BCUT2D eigenvalue weighted by Gasteiger charge is -2.37. The van der Waals surface area contributed by atoms with Crippen LogP contribution in [0, 0.1) is 0 Å². The van der Waals surface area contributed by atoms with E-state index in [1.165, 1.54) is 24.3 Å². The first-order valence-corrected chi connectivity index (χ1v) is 16.6. The molecule has 0 bridgehead atoms. The summed E-state index contributed by atoms with van der Waals surface area (Å²) in [5, 5.41) is 11.5. The fourth-order valence-electron chi connectivity index (χ4n) is 3.92. The quantitative estimate of drug-likeness (QED) is 0.489. The maximum atomic E-state index is 13.6. The first kappa shape index (κ1) is 29.0. The minimum atomic E-state index is -4.00. The number of nitrogens with zero attached hydrogens (tertiary/aromatic N) is 3. The van der Waals surface area contributed by atoms with E-state index in [4.69, 9.17) is 14.2 Å². The molecule has 1 aliphatic heterocycles. The zero-order valence-electron chi connectivity index (χ0n) is 22.8. The van der Waals surface area contributed by atoms with Gasteiger partial charge in [-0.3, -0.25) is 0 Å². The van der Waals surface area contributed by atoms with E-state index >= 15 is 0 Å². The van der Waals surface area contributed by atoms with Crippen molar-refractivity contribution in [3.63, 3.8) is 0 Å². The topological polar surface area (TPSA) is 103 Å². The SMILES string of the molecule is CN(C)S(=O)(=O)n1c([C@@H](O)[C@H](OCc2ccccc2)[C@@H]2COC(C)(C)O2)cnc1[Si](C)(C)C(C)(C)C. The standard InChI is InChI=1S/C25H41N3O6SSi/c1-24(2,3)36(8,9)23-26-15-19(28(23)35(30,31)27(6)7)21(29)22(20-17-33-25(4,5)34-20)32-16-18-13-11-10-12-14-18/h10-15,20-22,29H,16-17H2,1-9H3/t20-,21+,22+/m0/s1. The van der Waals surface area contributed by atoms with Crippen molar-refractivity contribution in [2.75, 3.05) is 20.7 Å². The molecule has 2 aromatic rings. The Hall–Kier alpha value is -1.60. The summed E-state index contributed by atoms with van der Waals surface area (Å²) >= 11 is 0. The zero-order chi connectivity index (χ0) is 27.1. The number of rotatable bonds is 9. The van der Waals surface area contributed by atoms with Crippen molar-refractivity contribution >= 4 is 23.7 Å². The Kier molecular flexibility index (Phi) is 8.27. The van der Waals surface area contributed by atoms with Gasteiger partial charge in [0.1, 0.15) is 31.8 Å². The summed E-state index contributed by atoms with van der Waals surface area (Å²) in [6.45, 7) is 14.5. The second-order valence-corrected chi connectivity index (χ2v) is 18.7. The van der Waals surface area contributed by atoms with Crippen molar-refractivity contribution in [3.05, 3.63) is 47.8 Å². The van der Waals surface area contributed by atoms with Gasteiger partial charge in [-0.1, -0.05) is 64.2 Å². The largest absolute Gasteiger partial charge is 0.384 e. The summed E-state index contributed by atoms with van der Waals surface area (Å²) in [6.07, 6.45) is -1.38. The van der Waals surface area contributed by atoms with Crippen LogP contribution >= 0.6 is 0 Å². The van der Waals surface area contributed by atoms with E-state index in [0.717, 1.165) is 9.87 Å². The maximum Gasteiger partial charge on any atom is 0.308 e. The molecule has 1 aromatic carbocycles. The van der Waals surface area contributed by atoms with Crippen LogP contribution in [0.5, 0.6) is 0 Å². The van der Waals surface area contributed by atoms with Gasteiger partial charge < -0.3 is 19.3 Å². The second-order valence-electron chi connectivity index (χ2n) is 11.5. The van der Waals surface area contributed by atoms with Gasteiger partial charge in [0.05, 0.1) is 25.1 Å². The van der Waals surface area contributed by atoms with Crippen LogP contribution in [0.15, 0.2) is 36.5 Å². The Labute approximate surface area is 216 Å². The Morgan fingerprint density at radius 2 is 1.86 bits per heavy atom. The molecule has 0 saturated carbocycles. The van der Waals surface area contributed by atoms with E-state index in [1.807, 2.05) is 30.3 Å². The van der Waals surface area contributed by atoms with Crippen LogP contribution in [0.4, 0.5) is 0 Å². The van der Waals surface area contributed by atoms with Gasteiger partial charge in [-0.05, 0) is 24.4 Å². The third kappa shape index (κ3) is 5.77. The van der Waals surface area contributed by atoms with Crippen LogP contribution in [-0.4, -0.2) is 73.6 Å². The number of imidazole rings is 1. The Morgan fingerprint density at radius 3 is 2.36 bits per heavy atom. The van der Waals surface area contributed by atoms with Crippen molar-refractivity contribution in [1.29, 1.82) is 0 Å². The molecule has 1 aromatic heterocycles. The third-order valence-corrected chi connectivity index (χ3v) is 14.3. The van der Waals surface area contributed by atoms with Crippen LogP contribution in [0.3, 0.4) is 0 Å². The lowest BCUT2D eigenvalue weighted by Crippen LogP contribution is -2.56. The van der Waals surface area contributed by atoms with E-state index < -0.39 is 42.4 Å². The highest BCUT2D eigenvalue weighted by atomic mass is 32.2. The number of hydrogen-bond donors (Lipinski definition) is 1. The monoisotopic (exact) mass is 539 g/mol. The highest BCUT2D eigenvalue weighted by molar-refractivity contribution is 7.87. The van der Waals surface area contributed by atoms with Crippen molar-refractivity contribution in [2.24, 2.45) is 0 Å². The molecule has 36 heavy (non-hydrogen) atoms. The smallest absolute Gasteiger partial charge is 0.308 e. The number of benzene rings is 1. The lowest BCUT2D eigenvalue weighted by molar-refractivity contribution is -0.173. The summed E-state index contributed by atoms with van der Waals surface area (Å²) in [6, 6.07) is 9.59. The summed E-state index contributed by atoms with van der Waals surface area (Å²) in [4.78, 5) is 4.61. The van der Waals surface area contributed by atoms with Gasteiger partial charge in [-0.2, -0.15) is 12.7 Å². The van der Waals surface area contributed by atoms with Crippen LogP contribution in [0.2, 0.25) is 18.1 Å². The van der Waals surface area contributed by atoms with Gasteiger partial charge in [-0.25, -0.2) is 8.96 Å². The molecule has 1 N–H and O–H groups in total. The molecule has 3 atom stereocenters. The van der Waals surface area contributed by atoms with Gasteiger partial charge in [0.2, 0.25) is 0 Å². The first-order valence-electron chi connectivity index (χ1n) is 12.2. The number of ether oxygens (including phenoxy) is 3. The molecule has 0 spiro atoms. The molecule has 202 valence electrons. The van der Waals surface area contributed by atoms with E-state index in [2.05, 4.69) is 38.8 Å². The number of aliphatic hydroxyl groups excluding tert-OH is 1. The highest BCUT2D eigenvalue weighted by Crippen LogP contribution is 2.37. The summed E-state index contributed by atoms with van der Waals surface area (Å²) in [5.74, 6) is -0.846. The van der Waals surface area contributed by atoms with Crippen molar-refractivity contribution in [1.82, 2.24) is 13.3 Å². The predicted molar refractivity (Wildman–Crippen MR) is 142 cm³/mol.